The zero-order valence-electron chi connectivity index (χ0n) is 22.1. The summed E-state index contributed by atoms with van der Waals surface area (Å²) in [5.41, 5.74) is 0. The molecule has 2 fully saturated rings. The van der Waals surface area contributed by atoms with Crippen molar-refractivity contribution in [3.63, 3.8) is 0 Å². The van der Waals surface area contributed by atoms with Crippen LogP contribution in [0.3, 0.4) is 0 Å². The maximum Gasteiger partial charge on any atom is 0.187 e. The highest BCUT2D eigenvalue weighted by Gasteiger charge is 2.50. The smallest absolute Gasteiger partial charge is 0.187 e. The molecule has 0 amide bonds. The van der Waals surface area contributed by atoms with E-state index in [0.717, 1.165) is 19.3 Å². The van der Waals surface area contributed by atoms with E-state index < -0.39 is 74.6 Å². The molecule has 11 heteroatoms. The summed E-state index contributed by atoms with van der Waals surface area (Å²) in [6.45, 7) is 1.31. The molecule has 2 saturated heterocycles. The van der Waals surface area contributed by atoms with Gasteiger partial charge in [-0.3, -0.25) is 0 Å². The van der Waals surface area contributed by atoms with Crippen LogP contribution in [-0.2, 0) is 18.9 Å². The molecule has 0 aromatic carbocycles. The minimum atomic E-state index is -1.72. The molecule has 0 spiro atoms. The van der Waals surface area contributed by atoms with E-state index >= 15 is 0 Å². The predicted molar refractivity (Wildman–Crippen MR) is 133 cm³/mol. The fraction of sp³-hybridized carbons (Fsp3) is 1.00. The third kappa shape index (κ3) is 10.2. The van der Waals surface area contributed by atoms with Crippen LogP contribution in [0.4, 0.5) is 0 Å². The second-order valence-electron chi connectivity index (χ2n) is 10.3. The van der Waals surface area contributed by atoms with Crippen LogP contribution in [0, 0.1) is 0 Å². The molecule has 0 saturated carbocycles. The zero-order chi connectivity index (χ0) is 27.2. The third-order valence-corrected chi connectivity index (χ3v) is 7.26. The fourth-order valence-corrected chi connectivity index (χ4v) is 4.91. The normalized spacial score (nSPS) is 36.6. The molecule has 2 aliphatic rings. The molecule has 0 aromatic rings. The van der Waals surface area contributed by atoms with Gasteiger partial charge in [-0.05, 0) is 6.42 Å². The largest absolute Gasteiger partial charge is 0.394 e. The Kier molecular flexibility index (Phi) is 16.0. The van der Waals surface area contributed by atoms with Crippen molar-refractivity contribution in [1.82, 2.24) is 0 Å². The van der Waals surface area contributed by atoms with Gasteiger partial charge >= 0.3 is 0 Å². The van der Waals surface area contributed by atoms with Crippen LogP contribution in [0.15, 0.2) is 0 Å². The zero-order valence-corrected chi connectivity index (χ0v) is 22.1. The van der Waals surface area contributed by atoms with Gasteiger partial charge in [0.05, 0.1) is 13.2 Å². The molecule has 0 radical (unpaired) electrons. The number of hydrogen-bond donors (Lipinski definition) is 7. The van der Waals surface area contributed by atoms with Crippen LogP contribution in [0.2, 0.25) is 0 Å². The highest BCUT2D eigenvalue weighted by Crippen LogP contribution is 2.29. The van der Waals surface area contributed by atoms with E-state index in [2.05, 4.69) is 6.92 Å². The third-order valence-electron chi connectivity index (χ3n) is 7.26. The van der Waals surface area contributed by atoms with E-state index in [1.165, 1.54) is 57.8 Å². The summed E-state index contributed by atoms with van der Waals surface area (Å²) in [4.78, 5) is 0. The Hall–Kier alpha value is -0.440. The van der Waals surface area contributed by atoms with Gasteiger partial charge in [-0.1, -0.05) is 77.6 Å². The first-order valence-corrected chi connectivity index (χ1v) is 14.1. The lowest BCUT2D eigenvalue weighted by atomic mass is 9.97. The lowest BCUT2D eigenvalue weighted by Gasteiger charge is -2.46. The fourth-order valence-electron chi connectivity index (χ4n) is 4.91. The quantitative estimate of drug-likeness (QED) is 0.120. The first-order chi connectivity index (χ1) is 17.8. The van der Waals surface area contributed by atoms with E-state index in [1.54, 1.807) is 0 Å². The maximum atomic E-state index is 10.8. The van der Waals surface area contributed by atoms with Crippen molar-refractivity contribution in [2.24, 2.45) is 0 Å². The molecule has 11 nitrogen and oxygen atoms in total. The summed E-state index contributed by atoms with van der Waals surface area (Å²) >= 11 is 0. The number of unbranched alkanes of at least 4 members (excludes halogenated alkanes) is 11. The summed E-state index contributed by atoms with van der Waals surface area (Å²) in [7, 11) is 0. The van der Waals surface area contributed by atoms with Crippen LogP contribution in [0.1, 0.15) is 84.0 Å². The minimum Gasteiger partial charge on any atom is -0.394 e. The Morgan fingerprint density at radius 3 is 1.65 bits per heavy atom. The van der Waals surface area contributed by atoms with Gasteiger partial charge in [-0.25, -0.2) is 0 Å². The second-order valence-corrected chi connectivity index (χ2v) is 10.3. The Morgan fingerprint density at radius 1 is 0.568 bits per heavy atom. The van der Waals surface area contributed by atoms with Crippen molar-refractivity contribution in [2.75, 3.05) is 19.8 Å². The van der Waals surface area contributed by atoms with Gasteiger partial charge in [0.15, 0.2) is 12.6 Å². The van der Waals surface area contributed by atoms with E-state index in [1.807, 2.05) is 0 Å². The van der Waals surface area contributed by atoms with Crippen molar-refractivity contribution >= 4 is 0 Å². The van der Waals surface area contributed by atoms with Gasteiger partial charge in [0.1, 0.15) is 48.8 Å². The van der Waals surface area contributed by atoms with Gasteiger partial charge in [-0.15, -0.1) is 0 Å². The monoisotopic (exact) mass is 538 g/mol. The summed E-state index contributed by atoms with van der Waals surface area (Å²) in [5.74, 6) is 0. The van der Waals surface area contributed by atoms with E-state index in [-0.39, 0.29) is 0 Å². The topological polar surface area (TPSA) is 179 Å². The van der Waals surface area contributed by atoms with Crippen LogP contribution >= 0.6 is 0 Å². The van der Waals surface area contributed by atoms with Gasteiger partial charge in [-0.2, -0.15) is 0 Å². The van der Waals surface area contributed by atoms with Gasteiger partial charge in [0.2, 0.25) is 0 Å². The average Bonchev–Trinajstić information content (AvgIpc) is 2.89. The predicted octanol–water partition coefficient (Wildman–Crippen LogP) is 0.328. The van der Waals surface area contributed by atoms with Crippen LogP contribution in [0.5, 0.6) is 0 Å². The maximum absolute atomic E-state index is 10.8. The van der Waals surface area contributed by atoms with Crippen molar-refractivity contribution in [2.45, 2.75) is 145 Å². The van der Waals surface area contributed by atoms with Crippen LogP contribution in [-0.4, -0.2) is 117 Å². The molecule has 7 N–H and O–H groups in total. The highest BCUT2D eigenvalue weighted by molar-refractivity contribution is 4.94. The van der Waals surface area contributed by atoms with Gasteiger partial charge in [0, 0.05) is 6.61 Å². The van der Waals surface area contributed by atoms with Crippen LogP contribution in [0.25, 0.3) is 0 Å². The molecule has 0 unspecified atom stereocenters. The Balaban J connectivity index is 1.74. The summed E-state index contributed by atoms with van der Waals surface area (Å²) < 4.78 is 21.9. The lowest BCUT2D eigenvalue weighted by molar-refractivity contribution is -0.357. The highest BCUT2D eigenvalue weighted by atomic mass is 16.7. The van der Waals surface area contributed by atoms with Crippen molar-refractivity contribution in [3.05, 3.63) is 0 Å². The molecule has 0 aliphatic carbocycles. The molecule has 0 bridgehead atoms. The van der Waals surface area contributed by atoms with E-state index in [4.69, 9.17) is 18.9 Å². The second kappa shape index (κ2) is 18.0. The number of aliphatic hydroxyl groups is 7. The molecule has 2 heterocycles. The lowest BCUT2D eigenvalue weighted by Crippen LogP contribution is -2.64. The minimum absolute atomic E-state index is 0.292. The molecule has 220 valence electrons. The molecular weight excluding hydrogens is 488 g/mol. The Bertz CT molecular complexity index is 581. The van der Waals surface area contributed by atoms with Gasteiger partial charge < -0.3 is 54.7 Å². The first kappa shape index (κ1) is 32.8. The Labute approximate surface area is 220 Å². The standard InChI is InChI=1S/C26H50O11/c1-2-3-4-5-6-7-8-9-10-11-12-13-14-34-24-19(29)17(15-27)36-26(22(24)32)37-23-18(16-28)35-25(33)21(31)20(23)30/h17-33H,2-16H2,1H3/t17-,18-,19-,20-,21-,22-,23-,24+,25-,26-/m1/s1. The summed E-state index contributed by atoms with van der Waals surface area (Å²) in [6.07, 6.45) is 0.222. The van der Waals surface area contributed by atoms with Crippen molar-refractivity contribution < 1.29 is 54.7 Å². The summed E-state index contributed by atoms with van der Waals surface area (Å²) in [5, 5.41) is 70.4. The molecule has 10 atom stereocenters. The molecule has 37 heavy (non-hydrogen) atoms. The van der Waals surface area contributed by atoms with Crippen molar-refractivity contribution in [1.29, 1.82) is 0 Å². The molecule has 2 aliphatic heterocycles. The number of rotatable bonds is 18. The van der Waals surface area contributed by atoms with E-state index in [9.17, 15) is 35.7 Å². The Morgan fingerprint density at radius 2 is 1.11 bits per heavy atom. The molecular formula is C26H50O11. The number of aliphatic hydroxyl groups excluding tert-OH is 7. The summed E-state index contributed by atoms with van der Waals surface area (Å²) in [6, 6.07) is 0. The van der Waals surface area contributed by atoms with Crippen molar-refractivity contribution in [3.8, 4) is 0 Å². The molecule has 2 rings (SSSR count). The van der Waals surface area contributed by atoms with Gasteiger partial charge in [0.25, 0.3) is 0 Å². The SMILES string of the molecule is CCCCCCCCCCCCCCO[C@@H]1[C@@H](O)[C@@H](O[C@H]2[C@H](O)[C@@H](O)[C@H](O)O[C@@H]2CO)O[C@H](CO)[C@H]1O. The molecule has 0 aromatic heterocycles. The number of ether oxygens (including phenoxy) is 4. The van der Waals surface area contributed by atoms with Crippen LogP contribution < -0.4 is 0 Å². The number of hydrogen-bond acceptors (Lipinski definition) is 11. The average molecular weight is 539 g/mol. The first-order valence-electron chi connectivity index (χ1n) is 14.1. The van der Waals surface area contributed by atoms with E-state index in [0.29, 0.717) is 6.61 Å².